The number of amides is 3. The predicted molar refractivity (Wildman–Crippen MR) is 199 cm³/mol. The van der Waals surface area contributed by atoms with E-state index in [1.165, 1.54) is 0 Å². The Morgan fingerprint density at radius 3 is 1.52 bits per heavy atom. The molecular weight excluding hydrogens is 715 g/mol. The monoisotopic (exact) mass is 751 g/mol. The molecule has 0 fully saturated rings. The number of benzene rings is 4. The summed E-state index contributed by atoms with van der Waals surface area (Å²) in [4.78, 5) is 75.2. The van der Waals surface area contributed by atoms with Gasteiger partial charge < -0.3 is 35.6 Å². The van der Waals surface area contributed by atoms with E-state index in [1.807, 2.05) is 97.1 Å². The molecule has 0 aromatic heterocycles. The number of fused-ring (bicyclic) bond motifs is 6. The van der Waals surface area contributed by atoms with Crippen LogP contribution in [0.5, 0.6) is 0 Å². The number of carbonyl (C=O) groups is 6. The van der Waals surface area contributed by atoms with Crippen LogP contribution in [0.2, 0.25) is 0 Å². The summed E-state index contributed by atoms with van der Waals surface area (Å²) in [5, 5.41) is 24.7. The molecule has 13 nitrogen and oxygen atoms in total. The lowest BCUT2D eigenvalue weighted by Crippen LogP contribution is -2.55. The van der Waals surface area contributed by atoms with Crippen molar-refractivity contribution >= 4 is 46.9 Å². The molecule has 2 atom stereocenters. The van der Waals surface area contributed by atoms with Gasteiger partial charge in [0, 0.05) is 24.0 Å². The molecule has 0 saturated carbocycles. The Labute approximate surface area is 314 Å². The van der Waals surface area contributed by atoms with Gasteiger partial charge in [-0.25, -0.2) is 9.59 Å². The van der Waals surface area contributed by atoms with Crippen LogP contribution in [0.25, 0.3) is 22.3 Å². The average molecular weight is 752 g/mol. The van der Waals surface area contributed by atoms with Gasteiger partial charge in [-0.1, -0.05) is 97.1 Å². The fraction of sp³-hybridized carbons (Fsp3) is 0.250. The molecule has 0 aliphatic heterocycles. The zero-order chi connectivity index (χ0) is 38.2. The zero-order valence-electron chi connectivity index (χ0n) is 28.9. The summed E-state index contributed by atoms with van der Waals surface area (Å²) >= 11 is 0.600. The van der Waals surface area contributed by atoms with Crippen LogP contribution in [0.15, 0.2) is 97.1 Å². The number of carbonyl (C=O) groups excluding carboxylic acids is 4. The highest BCUT2D eigenvalue weighted by Gasteiger charge is 2.33. The van der Waals surface area contributed by atoms with E-state index >= 15 is 0 Å². The number of thioether (sulfide) groups is 1. The predicted octanol–water partition coefficient (Wildman–Crippen LogP) is 5.13. The first-order chi connectivity index (χ1) is 26.1. The molecule has 3 amide bonds. The Kier molecular flexibility index (Phi) is 11.9. The maximum atomic E-state index is 13.5. The number of alkyl carbamates (subject to hydrolysis) is 1. The lowest BCUT2D eigenvalue weighted by atomic mass is 9.98. The number of hydrogen-bond acceptors (Lipinski definition) is 9. The summed E-state index contributed by atoms with van der Waals surface area (Å²) in [5.41, 5.74) is 8.07. The van der Waals surface area contributed by atoms with Crippen LogP contribution >= 0.6 is 11.8 Å². The lowest BCUT2D eigenvalue weighted by molar-refractivity contribution is -0.138. The fourth-order valence-corrected chi connectivity index (χ4v) is 7.53. The Morgan fingerprint density at radius 1 is 0.593 bits per heavy atom. The first-order valence-electron chi connectivity index (χ1n) is 17.2. The van der Waals surface area contributed by atoms with Gasteiger partial charge in [-0.05, 0) is 62.7 Å². The molecule has 5 N–H and O–H groups in total. The Balaban J connectivity index is 1.08. The van der Waals surface area contributed by atoms with E-state index in [1.54, 1.807) is 0 Å². The molecule has 54 heavy (non-hydrogen) atoms. The molecule has 278 valence electrons. The average Bonchev–Trinajstić information content (AvgIpc) is 3.67. The van der Waals surface area contributed by atoms with Crippen LogP contribution in [0.4, 0.5) is 9.59 Å². The number of rotatable bonds is 15. The first kappa shape index (κ1) is 37.6. The van der Waals surface area contributed by atoms with E-state index in [9.17, 15) is 33.9 Å². The Morgan fingerprint density at radius 2 is 1.06 bits per heavy atom. The van der Waals surface area contributed by atoms with E-state index < -0.39 is 60.2 Å². The second kappa shape index (κ2) is 17.1. The second-order valence-corrected chi connectivity index (χ2v) is 13.7. The number of nitrogens with one attached hydrogen (secondary N) is 3. The van der Waals surface area contributed by atoms with E-state index in [4.69, 9.17) is 14.6 Å². The molecule has 6 rings (SSSR count). The van der Waals surface area contributed by atoms with Gasteiger partial charge in [-0.3, -0.25) is 19.2 Å². The maximum absolute atomic E-state index is 13.5. The van der Waals surface area contributed by atoms with Crippen LogP contribution in [0, 0.1) is 0 Å². The summed E-state index contributed by atoms with van der Waals surface area (Å²) in [6.07, 6.45) is -1.84. The molecule has 4 aromatic carbocycles. The molecule has 4 aromatic rings. The highest BCUT2D eigenvalue weighted by atomic mass is 32.2. The molecule has 0 bridgehead atoms. The highest BCUT2D eigenvalue weighted by molar-refractivity contribution is 8.13. The number of carboxylic acid groups (broad SMARTS) is 2. The van der Waals surface area contributed by atoms with Crippen molar-refractivity contribution in [2.45, 2.75) is 36.8 Å². The summed E-state index contributed by atoms with van der Waals surface area (Å²) in [6.45, 7) is -0.811. The summed E-state index contributed by atoms with van der Waals surface area (Å²) in [5.74, 6) is -5.26. The molecule has 2 aliphatic rings. The van der Waals surface area contributed by atoms with E-state index in [-0.39, 0.29) is 37.2 Å². The van der Waals surface area contributed by atoms with Gasteiger partial charge in [0.1, 0.15) is 31.8 Å². The largest absolute Gasteiger partial charge is 0.481 e. The smallest absolute Gasteiger partial charge is 0.407 e. The van der Waals surface area contributed by atoms with Crippen molar-refractivity contribution < 1.29 is 48.5 Å². The van der Waals surface area contributed by atoms with Crippen molar-refractivity contribution in [2.24, 2.45) is 0 Å². The third-order valence-electron chi connectivity index (χ3n) is 9.34. The van der Waals surface area contributed by atoms with Crippen molar-refractivity contribution in [1.82, 2.24) is 16.0 Å². The molecule has 0 saturated heterocycles. The number of aliphatic carboxylic acids is 2. The van der Waals surface area contributed by atoms with Crippen LogP contribution < -0.4 is 16.0 Å². The van der Waals surface area contributed by atoms with Crippen molar-refractivity contribution in [3.8, 4) is 22.3 Å². The fourth-order valence-electron chi connectivity index (χ4n) is 6.84. The Hall–Kier alpha value is -6.15. The normalized spacial score (nSPS) is 13.6. The van der Waals surface area contributed by atoms with E-state index in [2.05, 4.69) is 16.0 Å². The summed E-state index contributed by atoms with van der Waals surface area (Å²) in [7, 11) is 0. The minimum Gasteiger partial charge on any atom is -0.481 e. The first-order valence-corrected chi connectivity index (χ1v) is 18.2. The standard InChI is InChI=1S/C40H37N3O10S/c44-35(45)18-17-33(43-39(50)52-20-31-27-13-5-1-9-23(27)24-10-2-6-14-28(24)31)38(49)42-34(37(48)41-19-36(46)47)22-54-40(51)53-21-32-29-15-7-3-11-25(29)26-12-4-8-16-30(26)32/h1-16,31-34H,17-22H2,(H,41,48)(H,42,49)(H,43,50)(H,44,45)(H,46,47). The topological polar surface area (TPSA) is 197 Å². The summed E-state index contributed by atoms with van der Waals surface area (Å²) in [6, 6.07) is 28.2. The molecule has 0 radical (unpaired) electrons. The minimum absolute atomic E-state index is 0.0173. The van der Waals surface area contributed by atoms with Crippen LogP contribution in [-0.2, 0) is 28.7 Å². The highest BCUT2D eigenvalue weighted by Crippen LogP contribution is 2.45. The van der Waals surface area contributed by atoms with E-state index in [0.717, 1.165) is 44.5 Å². The second-order valence-electron chi connectivity index (χ2n) is 12.7. The molecule has 2 unspecified atom stereocenters. The van der Waals surface area contributed by atoms with E-state index in [0.29, 0.717) is 11.8 Å². The van der Waals surface area contributed by atoms with Gasteiger partial charge in [-0.15, -0.1) is 0 Å². The quantitative estimate of drug-likeness (QED) is 0.101. The number of hydrogen-bond donors (Lipinski definition) is 5. The molecule has 14 heteroatoms. The minimum atomic E-state index is -1.46. The zero-order valence-corrected chi connectivity index (χ0v) is 29.7. The van der Waals surface area contributed by atoms with Gasteiger partial charge in [-0.2, -0.15) is 0 Å². The molecule has 0 spiro atoms. The molecular formula is C40H37N3O10S. The van der Waals surface area contributed by atoms with Crippen molar-refractivity contribution in [1.29, 1.82) is 0 Å². The van der Waals surface area contributed by atoms with Gasteiger partial charge >= 0.3 is 23.3 Å². The molecule has 0 heterocycles. The van der Waals surface area contributed by atoms with Crippen LogP contribution in [0.1, 0.15) is 46.9 Å². The van der Waals surface area contributed by atoms with Crippen molar-refractivity contribution in [3.05, 3.63) is 119 Å². The van der Waals surface area contributed by atoms with Gasteiger partial charge in [0.25, 0.3) is 0 Å². The number of ether oxygens (including phenoxy) is 2. The Bertz CT molecular complexity index is 2000. The van der Waals surface area contributed by atoms with Crippen LogP contribution in [0.3, 0.4) is 0 Å². The third kappa shape index (κ3) is 8.72. The van der Waals surface area contributed by atoms with Gasteiger partial charge in [0.2, 0.25) is 11.8 Å². The SMILES string of the molecule is O=C(O)CCC(NC(=O)OCC1c2ccccc2-c2ccccc21)C(=O)NC(CSC(=O)OCC1c2ccccc2-c2ccccc21)C(=O)NCC(=O)O. The number of carboxylic acids is 2. The van der Waals surface area contributed by atoms with Gasteiger partial charge in [0.05, 0.1) is 0 Å². The van der Waals surface area contributed by atoms with Gasteiger partial charge in [0.15, 0.2) is 0 Å². The van der Waals surface area contributed by atoms with Crippen molar-refractivity contribution in [3.63, 3.8) is 0 Å². The third-order valence-corrected chi connectivity index (χ3v) is 10.2. The summed E-state index contributed by atoms with van der Waals surface area (Å²) < 4.78 is 11.1. The lowest BCUT2D eigenvalue weighted by Gasteiger charge is -2.23. The van der Waals surface area contributed by atoms with Crippen LogP contribution in [-0.4, -0.2) is 83.0 Å². The van der Waals surface area contributed by atoms with Crippen molar-refractivity contribution in [2.75, 3.05) is 25.5 Å². The molecule has 2 aliphatic carbocycles. The maximum Gasteiger partial charge on any atom is 0.407 e.